The van der Waals surface area contributed by atoms with Gasteiger partial charge in [0.05, 0.1) is 0 Å². The number of ether oxygens (including phenoxy) is 1. The van der Waals surface area contributed by atoms with Crippen LogP contribution in [-0.4, -0.2) is 6.04 Å². The zero-order chi connectivity index (χ0) is 14.5. The molecule has 2 aromatic carbocycles. The average molecular weight is 269 g/mol. The van der Waals surface area contributed by atoms with Crippen molar-refractivity contribution in [1.82, 2.24) is 0 Å². The Morgan fingerprint density at radius 3 is 2.60 bits per heavy atom. The summed E-state index contributed by atoms with van der Waals surface area (Å²) in [6.07, 6.45) is 1.88. The summed E-state index contributed by atoms with van der Waals surface area (Å²) >= 11 is 0. The lowest BCUT2D eigenvalue weighted by atomic mass is 10.0. The van der Waals surface area contributed by atoms with E-state index in [1.54, 1.807) is 0 Å². The number of hydrogen-bond acceptors (Lipinski definition) is 2. The van der Waals surface area contributed by atoms with Crippen molar-refractivity contribution in [1.29, 1.82) is 0 Å². The van der Waals surface area contributed by atoms with E-state index in [1.807, 2.05) is 24.3 Å². The summed E-state index contributed by atoms with van der Waals surface area (Å²) in [7, 11) is 0. The summed E-state index contributed by atoms with van der Waals surface area (Å²) in [5.41, 5.74) is 9.66. The second kappa shape index (κ2) is 6.58. The van der Waals surface area contributed by atoms with E-state index in [4.69, 9.17) is 10.5 Å². The molecular formula is C18H23NO. The molecule has 0 saturated heterocycles. The topological polar surface area (TPSA) is 35.2 Å². The summed E-state index contributed by atoms with van der Waals surface area (Å²) in [5.74, 6) is 1.79. The zero-order valence-electron chi connectivity index (χ0n) is 12.5. The number of benzene rings is 2. The lowest BCUT2D eigenvalue weighted by molar-refractivity contribution is 0.477. The maximum atomic E-state index is 6.01. The molecule has 106 valence electrons. The van der Waals surface area contributed by atoms with Crippen LogP contribution in [0.5, 0.6) is 11.5 Å². The van der Waals surface area contributed by atoms with E-state index in [1.165, 1.54) is 16.7 Å². The second-order valence-electron chi connectivity index (χ2n) is 5.32. The molecule has 0 aliphatic carbocycles. The fraction of sp³-hybridized carbons (Fsp3) is 0.333. The molecule has 0 spiro atoms. The van der Waals surface area contributed by atoms with Crippen LogP contribution in [0.25, 0.3) is 0 Å². The summed E-state index contributed by atoms with van der Waals surface area (Å²) < 4.78 is 6.01. The van der Waals surface area contributed by atoms with Crippen LogP contribution in [0.3, 0.4) is 0 Å². The minimum Gasteiger partial charge on any atom is -0.457 e. The molecule has 20 heavy (non-hydrogen) atoms. The predicted octanol–water partition coefficient (Wildman–Crippen LogP) is 4.38. The highest BCUT2D eigenvalue weighted by Gasteiger charge is 2.06. The van der Waals surface area contributed by atoms with Crippen molar-refractivity contribution < 1.29 is 4.74 Å². The van der Waals surface area contributed by atoms with Gasteiger partial charge in [-0.15, -0.1) is 0 Å². The van der Waals surface area contributed by atoms with Crippen molar-refractivity contribution in [2.24, 2.45) is 5.73 Å². The van der Waals surface area contributed by atoms with Crippen LogP contribution in [0, 0.1) is 13.8 Å². The Bertz CT molecular complexity index is 577. The van der Waals surface area contributed by atoms with E-state index in [9.17, 15) is 0 Å². The van der Waals surface area contributed by atoms with E-state index in [2.05, 4.69) is 39.0 Å². The Labute approximate surface area is 121 Å². The van der Waals surface area contributed by atoms with Crippen molar-refractivity contribution in [3.8, 4) is 11.5 Å². The van der Waals surface area contributed by atoms with Gasteiger partial charge in [-0.3, -0.25) is 0 Å². The number of nitrogens with two attached hydrogens (primary N) is 1. The van der Waals surface area contributed by atoms with Crippen molar-refractivity contribution in [2.75, 3.05) is 0 Å². The Hall–Kier alpha value is -1.80. The molecular weight excluding hydrogens is 246 g/mol. The molecule has 0 fully saturated rings. The van der Waals surface area contributed by atoms with Crippen LogP contribution in [-0.2, 0) is 6.42 Å². The summed E-state index contributed by atoms with van der Waals surface area (Å²) in [6.45, 7) is 6.29. The van der Waals surface area contributed by atoms with E-state index >= 15 is 0 Å². The van der Waals surface area contributed by atoms with Gasteiger partial charge in [0.1, 0.15) is 11.5 Å². The molecule has 0 radical (unpaired) electrons. The van der Waals surface area contributed by atoms with Gasteiger partial charge < -0.3 is 10.5 Å². The molecule has 0 aromatic heterocycles. The van der Waals surface area contributed by atoms with Crippen LogP contribution in [0.4, 0.5) is 0 Å². The fourth-order valence-corrected chi connectivity index (χ4v) is 2.14. The third-order valence-electron chi connectivity index (χ3n) is 3.70. The summed E-state index contributed by atoms with van der Waals surface area (Å²) in [5, 5.41) is 0. The van der Waals surface area contributed by atoms with Gasteiger partial charge in [-0.05, 0) is 61.6 Å². The highest BCUT2D eigenvalue weighted by Crippen LogP contribution is 2.27. The van der Waals surface area contributed by atoms with Crippen molar-refractivity contribution in [3.05, 3.63) is 59.2 Å². The SMILES string of the molecule is CCC(N)Cc1cccc(Oc2cccc(C)c2C)c1. The monoisotopic (exact) mass is 269 g/mol. The van der Waals surface area contributed by atoms with Crippen LogP contribution < -0.4 is 10.5 Å². The first-order chi connectivity index (χ1) is 9.60. The van der Waals surface area contributed by atoms with E-state index in [0.29, 0.717) is 0 Å². The highest BCUT2D eigenvalue weighted by atomic mass is 16.5. The molecule has 0 aliphatic rings. The predicted molar refractivity (Wildman–Crippen MR) is 84.4 cm³/mol. The minimum atomic E-state index is 0.214. The van der Waals surface area contributed by atoms with Gasteiger partial charge in [0.25, 0.3) is 0 Å². The first-order valence-electron chi connectivity index (χ1n) is 7.18. The third-order valence-corrected chi connectivity index (χ3v) is 3.70. The van der Waals surface area contributed by atoms with Crippen molar-refractivity contribution in [3.63, 3.8) is 0 Å². The van der Waals surface area contributed by atoms with Crippen LogP contribution >= 0.6 is 0 Å². The van der Waals surface area contributed by atoms with Gasteiger partial charge in [0, 0.05) is 6.04 Å². The maximum absolute atomic E-state index is 6.01. The first kappa shape index (κ1) is 14.6. The largest absolute Gasteiger partial charge is 0.457 e. The van der Waals surface area contributed by atoms with Gasteiger partial charge >= 0.3 is 0 Å². The van der Waals surface area contributed by atoms with Gasteiger partial charge in [-0.2, -0.15) is 0 Å². The fourth-order valence-electron chi connectivity index (χ4n) is 2.14. The van der Waals surface area contributed by atoms with Gasteiger partial charge in [0.15, 0.2) is 0 Å². The molecule has 1 atom stereocenters. The Morgan fingerprint density at radius 1 is 1.10 bits per heavy atom. The van der Waals surface area contributed by atoms with Gasteiger partial charge in [0.2, 0.25) is 0 Å². The van der Waals surface area contributed by atoms with Crippen molar-refractivity contribution in [2.45, 2.75) is 39.7 Å². The Kier molecular flexibility index (Phi) is 4.80. The molecule has 0 amide bonds. The normalized spacial score (nSPS) is 12.2. The van der Waals surface area contributed by atoms with E-state index in [-0.39, 0.29) is 6.04 Å². The minimum absolute atomic E-state index is 0.214. The molecule has 0 heterocycles. The number of hydrogen-bond donors (Lipinski definition) is 1. The van der Waals surface area contributed by atoms with Crippen LogP contribution in [0.2, 0.25) is 0 Å². The molecule has 2 nitrogen and oxygen atoms in total. The van der Waals surface area contributed by atoms with Gasteiger partial charge in [-0.25, -0.2) is 0 Å². The van der Waals surface area contributed by atoms with Crippen LogP contribution in [0.15, 0.2) is 42.5 Å². The quantitative estimate of drug-likeness (QED) is 0.874. The summed E-state index contributed by atoms with van der Waals surface area (Å²) in [6, 6.07) is 14.5. The Morgan fingerprint density at radius 2 is 1.85 bits per heavy atom. The average Bonchev–Trinajstić information content (AvgIpc) is 2.44. The molecule has 2 heteroatoms. The molecule has 1 unspecified atom stereocenters. The molecule has 0 aliphatic heterocycles. The lowest BCUT2D eigenvalue weighted by Crippen LogP contribution is -2.21. The molecule has 2 N–H and O–H groups in total. The van der Waals surface area contributed by atoms with Crippen molar-refractivity contribution >= 4 is 0 Å². The zero-order valence-corrected chi connectivity index (χ0v) is 12.5. The van der Waals surface area contributed by atoms with E-state index in [0.717, 1.165) is 24.3 Å². The standard InChI is InChI=1S/C18H23NO/c1-4-16(19)11-15-8-6-9-17(12-15)20-18-10-5-7-13(2)14(18)3/h5-10,12,16H,4,11,19H2,1-3H3. The number of aryl methyl sites for hydroxylation is 1. The lowest BCUT2D eigenvalue weighted by Gasteiger charge is -2.13. The summed E-state index contributed by atoms with van der Waals surface area (Å²) in [4.78, 5) is 0. The number of rotatable bonds is 5. The molecule has 2 aromatic rings. The molecule has 0 bridgehead atoms. The maximum Gasteiger partial charge on any atom is 0.130 e. The molecule has 0 saturated carbocycles. The van der Waals surface area contributed by atoms with E-state index < -0.39 is 0 Å². The Balaban J connectivity index is 2.17. The third kappa shape index (κ3) is 3.61. The van der Waals surface area contributed by atoms with Crippen LogP contribution in [0.1, 0.15) is 30.0 Å². The van der Waals surface area contributed by atoms with Gasteiger partial charge in [-0.1, -0.05) is 31.2 Å². The highest BCUT2D eigenvalue weighted by molar-refractivity contribution is 5.42. The molecule has 2 rings (SSSR count). The smallest absolute Gasteiger partial charge is 0.130 e. The first-order valence-corrected chi connectivity index (χ1v) is 7.18. The second-order valence-corrected chi connectivity index (χ2v) is 5.32.